The lowest BCUT2D eigenvalue weighted by Gasteiger charge is -1.91. The molecule has 14 heavy (non-hydrogen) atoms. The summed E-state index contributed by atoms with van der Waals surface area (Å²) < 4.78 is 4.88. The Hall–Kier alpha value is -1.00. The predicted octanol–water partition coefficient (Wildman–Crippen LogP) is 2.31. The second kappa shape index (κ2) is 5.02. The summed E-state index contributed by atoms with van der Waals surface area (Å²) in [5.41, 5.74) is 0.555. The summed E-state index contributed by atoms with van der Waals surface area (Å²) >= 11 is 1.52. The van der Waals surface area contributed by atoms with Gasteiger partial charge in [-0.1, -0.05) is 6.08 Å². The van der Waals surface area contributed by atoms with E-state index in [1.54, 1.807) is 7.11 Å². The van der Waals surface area contributed by atoms with Crippen LogP contribution in [0.4, 0.5) is 0 Å². The molecule has 0 saturated carbocycles. The third kappa shape index (κ3) is 2.75. The molecule has 0 aliphatic heterocycles. The first-order chi connectivity index (χ1) is 6.65. The summed E-state index contributed by atoms with van der Waals surface area (Å²) in [6, 6.07) is 0. The molecule has 0 atom stereocenters. The van der Waals surface area contributed by atoms with Gasteiger partial charge in [0.15, 0.2) is 5.78 Å². The fourth-order valence-corrected chi connectivity index (χ4v) is 1.96. The van der Waals surface area contributed by atoms with Crippen molar-refractivity contribution in [2.24, 2.45) is 0 Å². The Balaban J connectivity index is 2.89. The van der Waals surface area contributed by atoms with Crippen LogP contribution in [0.2, 0.25) is 0 Å². The minimum atomic E-state index is 0.00594. The molecule has 1 aromatic heterocycles. The number of nitrogens with zero attached hydrogens (tertiary/aromatic N) is 1. The number of rotatable bonds is 4. The highest BCUT2D eigenvalue weighted by Gasteiger charge is 2.09. The standard InChI is InChI=1S/C10H13NO2S/c1-7(12)10-9(5-4-6-13-3)14-8(2)11-10/h4-5H,6H2,1-3H3/b5-4+. The molecule has 0 radical (unpaired) electrons. The fourth-order valence-electron chi connectivity index (χ4n) is 1.06. The summed E-state index contributed by atoms with van der Waals surface area (Å²) in [6.45, 7) is 3.97. The molecule has 4 heteroatoms. The summed E-state index contributed by atoms with van der Waals surface area (Å²) in [5.74, 6) is 0.00594. The number of Topliss-reactive ketones (excluding diaryl/α,β-unsaturated/α-hetero) is 1. The zero-order valence-corrected chi connectivity index (χ0v) is 9.35. The van der Waals surface area contributed by atoms with Crippen LogP contribution in [0.1, 0.15) is 27.3 Å². The number of aryl methyl sites for hydroxylation is 1. The van der Waals surface area contributed by atoms with Gasteiger partial charge in [0.1, 0.15) is 5.69 Å². The third-order valence-electron chi connectivity index (χ3n) is 1.63. The topological polar surface area (TPSA) is 39.2 Å². The van der Waals surface area contributed by atoms with Gasteiger partial charge in [-0.3, -0.25) is 4.79 Å². The van der Waals surface area contributed by atoms with Crippen molar-refractivity contribution in [3.8, 4) is 0 Å². The minimum Gasteiger partial charge on any atom is -0.381 e. The number of thiazole rings is 1. The lowest BCUT2D eigenvalue weighted by molar-refractivity contribution is 0.101. The van der Waals surface area contributed by atoms with Crippen LogP contribution in [0, 0.1) is 6.92 Å². The Morgan fingerprint density at radius 3 is 2.93 bits per heavy atom. The van der Waals surface area contributed by atoms with Crippen LogP contribution in [0.3, 0.4) is 0 Å². The average molecular weight is 211 g/mol. The highest BCUT2D eigenvalue weighted by molar-refractivity contribution is 7.12. The van der Waals surface area contributed by atoms with Crippen LogP contribution in [0.5, 0.6) is 0 Å². The number of methoxy groups -OCH3 is 1. The van der Waals surface area contributed by atoms with Crippen LogP contribution in [-0.2, 0) is 4.74 Å². The molecule has 3 nitrogen and oxygen atoms in total. The Morgan fingerprint density at radius 1 is 1.64 bits per heavy atom. The second-order valence-electron chi connectivity index (χ2n) is 2.86. The van der Waals surface area contributed by atoms with Gasteiger partial charge in [0.05, 0.1) is 16.5 Å². The molecular formula is C10H13NO2S. The van der Waals surface area contributed by atoms with Gasteiger partial charge in [-0.15, -0.1) is 11.3 Å². The van der Waals surface area contributed by atoms with Gasteiger partial charge < -0.3 is 4.74 Å². The third-order valence-corrected chi connectivity index (χ3v) is 2.56. The van der Waals surface area contributed by atoms with Crippen molar-refractivity contribution in [2.45, 2.75) is 13.8 Å². The van der Waals surface area contributed by atoms with Crippen LogP contribution >= 0.6 is 11.3 Å². The number of hydrogen-bond acceptors (Lipinski definition) is 4. The summed E-state index contributed by atoms with van der Waals surface area (Å²) in [6.07, 6.45) is 3.75. The van der Waals surface area contributed by atoms with Crippen molar-refractivity contribution in [3.63, 3.8) is 0 Å². The van der Waals surface area contributed by atoms with Gasteiger partial charge in [-0.05, 0) is 13.0 Å². The first-order valence-electron chi connectivity index (χ1n) is 4.29. The smallest absolute Gasteiger partial charge is 0.179 e. The molecule has 0 unspecified atom stereocenters. The van der Waals surface area contributed by atoms with Crippen molar-refractivity contribution in [2.75, 3.05) is 13.7 Å². The van der Waals surface area contributed by atoms with Gasteiger partial charge in [-0.2, -0.15) is 0 Å². The molecule has 0 spiro atoms. The Morgan fingerprint density at radius 2 is 2.36 bits per heavy atom. The highest BCUT2D eigenvalue weighted by Crippen LogP contribution is 2.19. The zero-order chi connectivity index (χ0) is 10.6. The second-order valence-corrected chi connectivity index (χ2v) is 4.09. The summed E-state index contributed by atoms with van der Waals surface area (Å²) in [7, 11) is 1.63. The molecule has 76 valence electrons. The monoisotopic (exact) mass is 211 g/mol. The number of hydrogen-bond donors (Lipinski definition) is 0. The molecule has 0 saturated heterocycles. The maximum atomic E-state index is 11.2. The van der Waals surface area contributed by atoms with Gasteiger partial charge in [0.2, 0.25) is 0 Å². The molecule has 0 aliphatic carbocycles. The Labute approximate surface area is 87.4 Å². The van der Waals surface area contributed by atoms with E-state index in [1.807, 2.05) is 19.1 Å². The predicted molar refractivity (Wildman–Crippen MR) is 57.8 cm³/mol. The summed E-state index contributed by atoms with van der Waals surface area (Å²) in [4.78, 5) is 16.3. The summed E-state index contributed by atoms with van der Waals surface area (Å²) in [5, 5.41) is 0.910. The fraction of sp³-hybridized carbons (Fsp3) is 0.400. The van der Waals surface area contributed by atoms with E-state index in [9.17, 15) is 4.79 Å². The van der Waals surface area contributed by atoms with E-state index in [1.165, 1.54) is 18.3 Å². The van der Waals surface area contributed by atoms with Gasteiger partial charge in [-0.25, -0.2) is 4.98 Å². The van der Waals surface area contributed by atoms with Crippen LogP contribution in [0.15, 0.2) is 6.08 Å². The van der Waals surface area contributed by atoms with Crippen molar-refractivity contribution in [1.82, 2.24) is 4.98 Å². The number of aromatic nitrogens is 1. The maximum Gasteiger partial charge on any atom is 0.179 e. The first-order valence-corrected chi connectivity index (χ1v) is 5.10. The van der Waals surface area contributed by atoms with Crippen LogP contribution < -0.4 is 0 Å². The minimum absolute atomic E-state index is 0.00594. The van der Waals surface area contributed by atoms with E-state index in [2.05, 4.69) is 4.98 Å². The van der Waals surface area contributed by atoms with Gasteiger partial charge in [0, 0.05) is 14.0 Å². The SMILES string of the molecule is COC/C=C/c1sc(C)nc1C(C)=O. The van der Waals surface area contributed by atoms with E-state index in [-0.39, 0.29) is 5.78 Å². The van der Waals surface area contributed by atoms with Crippen LogP contribution in [0.25, 0.3) is 6.08 Å². The largest absolute Gasteiger partial charge is 0.381 e. The number of carbonyl (C=O) groups is 1. The van der Waals surface area contributed by atoms with Gasteiger partial charge in [0.25, 0.3) is 0 Å². The molecule has 0 aromatic carbocycles. The lowest BCUT2D eigenvalue weighted by atomic mass is 10.2. The zero-order valence-electron chi connectivity index (χ0n) is 8.53. The number of ketones is 1. The van der Waals surface area contributed by atoms with E-state index in [0.717, 1.165) is 9.88 Å². The molecule has 0 N–H and O–H groups in total. The van der Waals surface area contributed by atoms with E-state index in [4.69, 9.17) is 4.74 Å². The molecular weight excluding hydrogens is 198 g/mol. The Bertz CT molecular complexity index is 355. The molecule has 1 aromatic rings. The van der Waals surface area contributed by atoms with Crippen molar-refractivity contribution < 1.29 is 9.53 Å². The normalized spacial score (nSPS) is 11.1. The molecule has 0 aliphatic rings. The first kappa shape index (κ1) is 11.1. The van der Waals surface area contributed by atoms with Crippen molar-refractivity contribution in [3.05, 3.63) is 21.7 Å². The van der Waals surface area contributed by atoms with E-state index < -0.39 is 0 Å². The molecule has 1 rings (SSSR count). The van der Waals surface area contributed by atoms with Crippen LogP contribution in [-0.4, -0.2) is 24.5 Å². The number of ether oxygens (including phenoxy) is 1. The molecule has 1 heterocycles. The molecule has 0 amide bonds. The maximum absolute atomic E-state index is 11.2. The van der Waals surface area contributed by atoms with E-state index >= 15 is 0 Å². The van der Waals surface area contributed by atoms with Crippen molar-refractivity contribution in [1.29, 1.82) is 0 Å². The lowest BCUT2D eigenvalue weighted by Crippen LogP contribution is -1.94. The quantitative estimate of drug-likeness (QED) is 0.717. The molecule has 0 bridgehead atoms. The van der Waals surface area contributed by atoms with E-state index in [0.29, 0.717) is 12.3 Å². The molecule has 0 fully saturated rings. The highest BCUT2D eigenvalue weighted by atomic mass is 32.1. The van der Waals surface area contributed by atoms with Crippen molar-refractivity contribution >= 4 is 23.2 Å². The number of carbonyl (C=O) groups excluding carboxylic acids is 1. The van der Waals surface area contributed by atoms with Gasteiger partial charge >= 0.3 is 0 Å². The Kier molecular flexibility index (Phi) is 3.98. The average Bonchev–Trinajstić information content (AvgIpc) is 2.47.